The van der Waals surface area contributed by atoms with Gasteiger partial charge < -0.3 is 15.7 Å². The van der Waals surface area contributed by atoms with Gasteiger partial charge in [-0.3, -0.25) is 14.5 Å². The summed E-state index contributed by atoms with van der Waals surface area (Å²) in [6, 6.07) is 6.82. The third kappa shape index (κ3) is 2.62. The first-order valence-corrected chi connectivity index (χ1v) is 7.51. The molecule has 2 fully saturated rings. The summed E-state index contributed by atoms with van der Waals surface area (Å²) in [4.78, 5) is 36.8. The molecule has 7 nitrogen and oxygen atoms in total. The monoisotopic (exact) mass is 317 g/mol. The van der Waals surface area contributed by atoms with Crippen LogP contribution in [-0.2, 0) is 9.59 Å². The lowest BCUT2D eigenvalue weighted by atomic mass is 10.1. The van der Waals surface area contributed by atoms with Crippen LogP contribution in [-0.4, -0.2) is 36.1 Å². The lowest BCUT2D eigenvalue weighted by molar-refractivity contribution is -0.140. The van der Waals surface area contributed by atoms with Crippen molar-refractivity contribution in [2.24, 2.45) is 17.3 Å². The van der Waals surface area contributed by atoms with Gasteiger partial charge in [0.1, 0.15) is 0 Å². The largest absolute Gasteiger partial charge is 0.481 e. The number of hydrogen-bond acceptors (Lipinski definition) is 3. The summed E-state index contributed by atoms with van der Waals surface area (Å²) in [7, 11) is 0. The standard InChI is InChI=1S/C16H19N3O4/c1-16(2)11(12(16)14(21)22)13(20)18-9-4-3-5-10(8-9)19-7-6-17-15(19)23/h3-5,8,11-12H,6-7H2,1-2H3,(H,17,23)(H,18,20)(H,21,22)/t11-,12+/m1/s1. The van der Waals surface area contributed by atoms with Gasteiger partial charge in [0.15, 0.2) is 0 Å². The number of carboxylic acids is 1. The second-order valence-corrected chi connectivity index (χ2v) is 6.54. The van der Waals surface area contributed by atoms with Crippen molar-refractivity contribution in [3.8, 4) is 0 Å². The molecule has 2 aliphatic rings. The van der Waals surface area contributed by atoms with E-state index in [9.17, 15) is 14.4 Å². The third-order valence-corrected chi connectivity index (χ3v) is 4.66. The molecule has 3 N–H and O–H groups in total. The molecule has 3 rings (SSSR count). The van der Waals surface area contributed by atoms with E-state index in [0.29, 0.717) is 24.5 Å². The van der Waals surface area contributed by atoms with Gasteiger partial charge in [-0.2, -0.15) is 0 Å². The van der Waals surface area contributed by atoms with Gasteiger partial charge in [-0.05, 0) is 23.6 Å². The van der Waals surface area contributed by atoms with Crippen molar-refractivity contribution in [3.63, 3.8) is 0 Å². The van der Waals surface area contributed by atoms with E-state index in [2.05, 4.69) is 10.6 Å². The lowest BCUT2D eigenvalue weighted by Crippen LogP contribution is -2.27. The molecular formula is C16H19N3O4. The van der Waals surface area contributed by atoms with E-state index in [-0.39, 0.29) is 11.9 Å². The van der Waals surface area contributed by atoms with Crippen LogP contribution < -0.4 is 15.5 Å². The van der Waals surface area contributed by atoms with E-state index in [1.165, 1.54) is 0 Å². The van der Waals surface area contributed by atoms with Crippen molar-refractivity contribution < 1.29 is 19.5 Å². The summed E-state index contributed by atoms with van der Waals surface area (Å²) in [6.07, 6.45) is 0. The Hall–Kier alpha value is -2.57. The average Bonchev–Trinajstić information content (AvgIpc) is 2.83. The lowest BCUT2D eigenvalue weighted by Gasteiger charge is -2.15. The number of anilines is 2. The molecule has 1 aromatic carbocycles. The van der Waals surface area contributed by atoms with Gasteiger partial charge in [0.2, 0.25) is 5.91 Å². The van der Waals surface area contributed by atoms with E-state index in [1.54, 1.807) is 43.0 Å². The van der Waals surface area contributed by atoms with E-state index in [1.807, 2.05) is 0 Å². The Bertz CT molecular complexity index is 686. The van der Waals surface area contributed by atoms with Crippen LogP contribution in [0.1, 0.15) is 13.8 Å². The highest BCUT2D eigenvalue weighted by molar-refractivity contribution is 6.00. The Labute approximate surface area is 133 Å². The van der Waals surface area contributed by atoms with Gasteiger partial charge in [0, 0.05) is 24.5 Å². The number of nitrogens with one attached hydrogen (secondary N) is 2. The molecule has 1 aromatic rings. The number of rotatable bonds is 4. The number of hydrogen-bond donors (Lipinski definition) is 3. The van der Waals surface area contributed by atoms with Crippen LogP contribution in [0.4, 0.5) is 16.2 Å². The Morgan fingerprint density at radius 2 is 2.09 bits per heavy atom. The molecule has 0 bridgehead atoms. The molecule has 7 heteroatoms. The number of carbonyl (C=O) groups is 3. The maximum Gasteiger partial charge on any atom is 0.321 e. The number of urea groups is 1. The maximum atomic E-state index is 12.3. The predicted octanol–water partition coefficient (Wildman–Crippen LogP) is 1.51. The van der Waals surface area contributed by atoms with Crippen molar-refractivity contribution >= 4 is 29.3 Å². The Kier molecular flexibility index (Phi) is 3.50. The first-order valence-electron chi connectivity index (χ1n) is 7.51. The fourth-order valence-electron chi connectivity index (χ4n) is 3.28. The highest BCUT2D eigenvalue weighted by atomic mass is 16.4. The summed E-state index contributed by atoms with van der Waals surface area (Å²) < 4.78 is 0. The van der Waals surface area contributed by atoms with Gasteiger partial charge in [-0.25, -0.2) is 4.79 Å². The Morgan fingerprint density at radius 1 is 1.35 bits per heavy atom. The van der Waals surface area contributed by atoms with Crippen LogP contribution in [0.15, 0.2) is 24.3 Å². The highest BCUT2D eigenvalue weighted by Gasteiger charge is 2.65. The van der Waals surface area contributed by atoms with Crippen LogP contribution >= 0.6 is 0 Å². The smallest absolute Gasteiger partial charge is 0.321 e. The van der Waals surface area contributed by atoms with Crippen molar-refractivity contribution in [1.29, 1.82) is 0 Å². The molecule has 0 spiro atoms. The van der Waals surface area contributed by atoms with Gasteiger partial charge in [-0.1, -0.05) is 19.9 Å². The van der Waals surface area contributed by atoms with Crippen LogP contribution in [0.2, 0.25) is 0 Å². The summed E-state index contributed by atoms with van der Waals surface area (Å²) in [5.41, 5.74) is 0.712. The van der Waals surface area contributed by atoms with Crippen molar-refractivity contribution in [2.75, 3.05) is 23.3 Å². The van der Waals surface area contributed by atoms with Crippen LogP contribution in [0.3, 0.4) is 0 Å². The highest BCUT2D eigenvalue weighted by Crippen LogP contribution is 2.58. The van der Waals surface area contributed by atoms with Gasteiger partial charge in [-0.15, -0.1) is 0 Å². The molecule has 3 amide bonds. The van der Waals surface area contributed by atoms with Crippen LogP contribution in [0, 0.1) is 17.3 Å². The second kappa shape index (κ2) is 5.26. The molecule has 1 heterocycles. The first-order chi connectivity index (χ1) is 10.8. The molecule has 2 atom stereocenters. The second-order valence-electron chi connectivity index (χ2n) is 6.54. The van der Waals surface area contributed by atoms with Gasteiger partial charge in [0.05, 0.1) is 11.8 Å². The Balaban J connectivity index is 1.73. The summed E-state index contributed by atoms with van der Waals surface area (Å²) in [6.45, 7) is 4.72. The molecule has 23 heavy (non-hydrogen) atoms. The molecular weight excluding hydrogens is 298 g/mol. The normalized spacial score (nSPS) is 25.0. The SMILES string of the molecule is CC1(C)[C@H](C(=O)O)[C@@H]1C(=O)Nc1cccc(N2CCNC2=O)c1. The molecule has 1 aliphatic heterocycles. The number of aliphatic carboxylic acids is 1. The average molecular weight is 317 g/mol. The first kappa shape index (κ1) is 15.3. The minimum atomic E-state index is -0.947. The zero-order valence-electron chi connectivity index (χ0n) is 13.0. The molecule has 0 aromatic heterocycles. The number of benzene rings is 1. The molecule has 1 saturated heterocycles. The van der Waals surface area contributed by atoms with Gasteiger partial charge >= 0.3 is 12.0 Å². The van der Waals surface area contributed by atoms with Crippen molar-refractivity contribution in [1.82, 2.24) is 5.32 Å². The van der Waals surface area contributed by atoms with E-state index >= 15 is 0 Å². The Morgan fingerprint density at radius 3 is 2.65 bits per heavy atom. The van der Waals surface area contributed by atoms with E-state index in [0.717, 1.165) is 0 Å². The van der Waals surface area contributed by atoms with Crippen molar-refractivity contribution in [3.05, 3.63) is 24.3 Å². The van der Waals surface area contributed by atoms with E-state index < -0.39 is 23.2 Å². The summed E-state index contributed by atoms with van der Waals surface area (Å²) >= 11 is 0. The topological polar surface area (TPSA) is 98.7 Å². The number of carbonyl (C=O) groups excluding carboxylic acids is 2. The van der Waals surface area contributed by atoms with E-state index in [4.69, 9.17) is 5.11 Å². The predicted molar refractivity (Wildman–Crippen MR) is 84.2 cm³/mol. The fourth-order valence-corrected chi connectivity index (χ4v) is 3.28. The summed E-state index contributed by atoms with van der Waals surface area (Å²) in [5, 5.41) is 14.6. The quantitative estimate of drug-likeness (QED) is 0.784. The molecule has 1 aliphatic carbocycles. The maximum absolute atomic E-state index is 12.3. The van der Waals surface area contributed by atoms with Gasteiger partial charge in [0.25, 0.3) is 0 Å². The zero-order chi connectivity index (χ0) is 16.8. The number of nitrogens with zero attached hydrogens (tertiary/aromatic N) is 1. The van der Waals surface area contributed by atoms with Crippen molar-refractivity contribution in [2.45, 2.75) is 13.8 Å². The van der Waals surface area contributed by atoms with Crippen LogP contribution in [0.5, 0.6) is 0 Å². The fraction of sp³-hybridized carbons (Fsp3) is 0.438. The van der Waals surface area contributed by atoms with Crippen LogP contribution in [0.25, 0.3) is 0 Å². The zero-order valence-corrected chi connectivity index (χ0v) is 13.0. The summed E-state index contributed by atoms with van der Waals surface area (Å²) in [5.74, 6) is -2.45. The molecule has 0 unspecified atom stereocenters. The molecule has 122 valence electrons. The minimum absolute atomic E-state index is 0.164. The number of amides is 3. The number of carboxylic acid groups (broad SMARTS) is 1. The minimum Gasteiger partial charge on any atom is -0.481 e. The molecule has 1 saturated carbocycles. The molecule has 0 radical (unpaired) electrons. The third-order valence-electron chi connectivity index (χ3n) is 4.66.